The van der Waals surface area contributed by atoms with Gasteiger partial charge in [-0.2, -0.15) is 15.0 Å². The van der Waals surface area contributed by atoms with Crippen LogP contribution in [0.15, 0.2) is 0 Å². The van der Waals surface area contributed by atoms with Crippen LogP contribution in [0.3, 0.4) is 0 Å². The Labute approximate surface area is 307 Å². The summed E-state index contributed by atoms with van der Waals surface area (Å²) in [5.41, 5.74) is 12.2. The lowest BCUT2D eigenvalue weighted by molar-refractivity contribution is -0.0130. The van der Waals surface area contributed by atoms with Gasteiger partial charge in [-0.05, 0) is 140 Å². The molecular formula is C39H79N11. The van der Waals surface area contributed by atoms with Gasteiger partial charge in [0.05, 0.1) is 6.04 Å². The van der Waals surface area contributed by atoms with Crippen LogP contribution in [0.1, 0.15) is 145 Å². The summed E-state index contributed by atoms with van der Waals surface area (Å²) in [5, 5.41) is 7.29. The van der Waals surface area contributed by atoms with Gasteiger partial charge in [-0.15, -0.1) is 0 Å². The Morgan fingerprint density at radius 3 is 1.48 bits per heavy atom. The second-order valence-electron chi connectivity index (χ2n) is 17.9. The van der Waals surface area contributed by atoms with Crippen molar-refractivity contribution in [2.75, 3.05) is 69.7 Å². The number of nitrogens with two attached hydrogens (primary N) is 2. The van der Waals surface area contributed by atoms with Crippen LogP contribution in [-0.2, 0) is 0 Å². The molecular weight excluding hydrogens is 623 g/mol. The molecule has 50 heavy (non-hydrogen) atoms. The maximum atomic E-state index is 6.27. The molecule has 0 radical (unpaired) electrons. The summed E-state index contributed by atoms with van der Waals surface area (Å²) in [6, 6.07) is 0.584. The van der Waals surface area contributed by atoms with Crippen molar-refractivity contribution in [3.8, 4) is 0 Å². The highest BCUT2D eigenvalue weighted by atomic mass is 15.4. The number of nitrogens with one attached hydrogen (secondary N) is 2. The average Bonchev–Trinajstić information content (AvgIpc) is 3.03. The van der Waals surface area contributed by atoms with E-state index in [1.54, 1.807) is 0 Å². The third kappa shape index (κ3) is 10.9. The number of piperidine rings is 2. The third-order valence-electron chi connectivity index (χ3n) is 12.1. The summed E-state index contributed by atoms with van der Waals surface area (Å²) in [4.78, 5) is 26.6. The van der Waals surface area contributed by atoms with Gasteiger partial charge < -0.3 is 31.9 Å². The van der Waals surface area contributed by atoms with Crippen LogP contribution in [0.2, 0.25) is 0 Å². The highest BCUT2D eigenvalue weighted by molar-refractivity contribution is 5.43. The molecule has 2 aliphatic rings. The van der Waals surface area contributed by atoms with E-state index in [4.69, 9.17) is 26.4 Å². The summed E-state index contributed by atoms with van der Waals surface area (Å²) in [6.45, 7) is 29.4. The van der Waals surface area contributed by atoms with E-state index in [1.807, 2.05) is 0 Å². The van der Waals surface area contributed by atoms with Crippen molar-refractivity contribution in [2.45, 2.75) is 174 Å². The second kappa shape index (κ2) is 18.4. The molecule has 1 aromatic heterocycles. The number of anilines is 2. The van der Waals surface area contributed by atoms with Gasteiger partial charge in [0.1, 0.15) is 0 Å². The smallest absolute Gasteiger partial charge is 0.230 e. The van der Waals surface area contributed by atoms with E-state index in [1.165, 1.54) is 0 Å². The second-order valence-corrected chi connectivity index (χ2v) is 17.9. The zero-order valence-corrected chi connectivity index (χ0v) is 34.5. The van der Waals surface area contributed by atoms with E-state index < -0.39 is 0 Å². The average molecular weight is 702 g/mol. The molecule has 6 N–H and O–H groups in total. The fourth-order valence-corrected chi connectivity index (χ4v) is 8.58. The number of aromatic nitrogens is 3. The Morgan fingerprint density at radius 1 is 0.660 bits per heavy atom. The zero-order chi connectivity index (χ0) is 37.3. The van der Waals surface area contributed by atoms with Crippen LogP contribution in [-0.4, -0.2) is 119 Å². The molecule has 1 aromatic rings. The molecule has 0 aromatic carbocycles. The van der Waals surface area contributed by atoms with Crippen LogP contribution in [0.5, 0.6) is 0 Å². The van der Waals surface area contributed by atoms with Crippen molar-refractivity contribution in [3.63, 3.8) is 0 Å². The first kappa shape index (κ1) is 42.8. The SMILES string of the molecule is CCCCN(c1nc(C(CCN)NCCNCCCN)nc(N(CCCC)C2CC(C)(C)N(C)C(C)(C)C2)n1)C1CC(C)(C)N(C)C(C)(C)C1. The van der Waals surface area contributed by atoms with E-state index in [-0.39, 0.29) is 28.2 Å². The molecule has 0 saturated carbocycles. The number of hydrogen-bond acceptors (Lipinski definition) is 11. The van der Waals surface area contributed by atoms with E-state index in [9.17, 15) is 0 Å². The van der Waals surface area contributed by atoms with Gasteiger partial charge in [0.15, 0.2) is 5.82 Å². The highest BCUT2D eigenvalue weighted by Gasteiger charge is 2.47. The molecule has 0 amide bonds. The number of nitrogens with zero attached hydrogens (tertiary/aromatic N) is 7. The van der Waals surface area contributed by atoms with E-state index in [0.29, 0.717) is 25.2 Å². The minimum atomic E-state index is -0.0615. The van der Waals surface area contributed by atoms with Crippen molar-refractivity contribution in [1.29, 1.82) is 0 Å². The molecule has 2 saturated heterocycles. The maximum absolute atomic E-state index is 6.27. The summed E-state index contributed by atoms with van der Waals surface area (Å²) < 4.78 is 0. The lowest BCUT2D eigenvalue weighted by Gasteiger charge is -2.56. The van der Waals surface area contributed by atoms with Crippen LogP contribution in [0.4, 0.5) is 11.9 Å². The van der Waals surface area contributed by atoms with Crippen LogP contribution in [0.25, 0.3) is 0 Å². The fraction of sp³-hybridized carbons (Fsp3) is 0.923. The summed E-state index contributed by atoms with van der Waals surface area (Å²) in [6.07, 6.45) is 10.4. The molecule has 3 rings (SSSR count). The summed E-state index contributed by atoms with van der Waals surface area (Å²) in [5.74, 6) is 2.48. The van der Waals surface area contributed by atoms with Crippen LogP contribution in [0, 0.1) is 0 Å². The Morgan fingerprint density at radius 2 is 1.10 bits per heavy atom. The number of likely N-dealkylation sites (tertiary alicyclic amines) is 2. The van der Waals surface area contributed by atoms with Gasteiger partial charge in [0, 0.05) is 60.4 Å². The van der Waals surface area contributed by atoms with E-state index in [0.717, 1.165) is 115 Å². The standard InChI is InChI=1S/C39H79N11/c1-13-15-24-49(30-26-36(3,4)47(11)37(5,6)27-30)34-44-33(32(18-20-41)43-23-22-42-21-17-19-40)45-35(46-34)50(25-16-14-2)31-28-38(7,8)48(12)39(9,10)29-31/h30-32,42-43H,13-29,40-41H2,1-12H3. The van der Waals surface area contributed by atoms with Gasteiger partial charge in [0.2, 0.25) is 11.9 Å². The monoisotopic (exact) mass is 702 g/mol. The molecule has 0 spiro atoms. The largest absolute Gasteiger partial charge is 0.338 e. The summed E-state index contributed by atoms with van der Waals surface area (Å²) in [7, 11) is 4.58. The third-order valence-corrected chi connectivity index (χ3v) is 12.1. The first-order chi connectivity index (χ1) is 23.4. The van der Waals surface area contributed by atoms with Crippen LogP contribution >= 0.6 is 0 Å². The molecule has 1 unspecified atom stereocenters. The Hall–Kier alpha value is -1.63. The molecule has 290 valence electrons. The Balaban J connectivity index is 2.17. The molecule has 1 atom stereocenters. The Bertz CT molecular complexity index is 1040. The van der Waals surface area contributed by atoms with Crippen molar-refractivity contribution in [1.82, 2.24) is 35.4 Å². The van der Waals surface area contributed by atoms with Gasteiger partial charge in [-0.3, -0.25) is 9.80 Å². The predicted molar refractivity (Wildman–Crippen MR) is 213 cm³/mol. The lowest BCUT2D eigenvalue weighted by Crippen LogP contribution is -2.63. The number of rotatable bonds is 20. The normalized spacial score (nSPS) is 21.7. The van der Waals surface area contributed by atoms with E-state index in [2.05, 4.69) is 114 Å². The van der Waals surface area contributed by atoms with Crippen molar-refractivity contribution in [2.24, 2.45) is 11.5 Å². The predicted octanol–water partition coefficient (Wildman–Crippen LogP) is 5.31. The van der Waals surface area contributed by atoms with E-state index >= 15 is 0 Å². The minimum absolute atomic E-state index is 0.0502. The molecule has 11 nitrogen and oxygen atoms in total. The van der Waals surface area contributed by atoms with Gasteiger partial charge in [-0.25, -0.2) is 0 Å². The highest BCUT2D eigenvalue weighted by Crippen LogP contribution is 2.42. The number of hydrogen-bond donors (Lipinski definition) is 4. The van der Waals surface area contributed by atoms with Crippen molar-refractivity contribution < 1.29 is 0 Å². The first-order valence-electron chi connectivity index (χ1n) is 20.1. The van der Waals surface area contributed by atoms with Crippen molar-refractivity contribution in [3.05, 3.63) is 5.82 Å². The zero-order valence-electron chi connectivity index (χ0n) is 34.5. The topological polar surface area (TPSA) is 128 Å². The summed E-state index contributed by atoms with van der Waals surface area (Å²) >= 11 is 0. The Kier molecular flexibility index (Phi) is 15.8. The first-order valence-corrected chi connectivity index (χ1v) is 20.1. The molecule has 0 bridgehead atoms. The molecule has 2 fully saturated rings. The maximum Gasteiger partial charge on any atom is 0.230 e. The molecule has 0 aliphatic carbocycles. The van der Waals surface area contributed by atoms with Gasteiger partial charge >= 0.3 is 0 Å². The van der Waals surface area contributed by atoms with Crippen molar-refractivity contribution >= 4 is 11.9 Å². The molecule has 3 heterocycles. The number of unbranched alkanes of at least 4 members (excludes halogenated alkanes) is 2. The van der Waals surface area contributed by atoms with Gasteiger partial charge in [-0.1, -0.05) is 26.7 Å². The minimum Gasteiger partial charge on any atom is -0.338 e. The van der Waals surface area contributed by atoms with Crippen LogP contribution < -0.4 is 31.9 Å². The fourth-order valence-electron chi connectivity index (χ4n) is 8.58. The quantitative estimate of drug-likeness (QED) is 0.132. The molecule has 2 aliphatic heterocycles. The van der Waals surface area contributed by atoms with Gasteiger partial charge in [0.25, 0.3) is 0 Å². The molecule has 11 heteroatoms. The lowest BCUT2D eigenvalue weighted by atomic mass is 9.77.